The van der Waals surface area contributed by atoms with Crippen molar-refractivity contribution in [3.63, 3.8) is 0 Å². The number of amides is 1. The quantitative estimate of drug-likeness (QED) is 0.825. The highest BCUT2D eigenvalue weighted by Crippen LogP contribution is 2.23. The van der Waals surface area contributed by atoms with E-state index in [9.17, 15) is 4.79 Å². The molecule has 20 heavy (non-hydrogen) atoms. The Morgan fingerprint density at radius 3 is 2.60 bits per heavy atom. The zero-order valence-corrected chi connectivity index (χ0v) is 12.3. The molecule has 0 saturated heterocycles. The Kier molecular flexibility index (Phi) is 5.26. The van der Waals surface area contributed by atoms with Crippen LogP contribution < -0.4 is 15.8 Å². The fourth-order valence-electron chi connectivity index (χ4n) is 1.57. The van der Waals surface area contributed by atoms with E-state index in [4.69, 9.17) is 22.1 Å². The van der Waals surface area contributed by atoms with Crippen LogP contribution in [0.15, 0.2) is 36.4 Å². The van der Waals surface area contributed by atoms with Gasteiger partial charge >= 0.3 is 0 Å². The first-order valence-electron chi connectivity index (χ1n) is 6.13. The van der Waals surface area contributed by atoms with Crippen LogP contribution in [0.4, 0.5) is 5.69 Å². The summed E-state index contributed by atoms with van der Waals surface area (Å²) >= 11 is 7.43. The van der Waals surface area contributed by atoms with E-state index in [-0.39, 0.29) is 12.3 Å². The molecule has 0 aliphatic heterocycles. The highest BCUT2D eigenvalue weighted by Gasteiger charge is 2.00. The molecule has 0 atom stereocenters. The largest absolute Gasteiger partial charge is 0.493 e. The number of halogens is 1. The second-order valence-corrected chi connectivity index (χ2v) is 5.95. The zero-order chi connectivity index (χ0) is 14.4. The highest BCUT2D eigenvalue weighted by atomic mass is 35.5. The number of carbonyl (C=O) groups is 1. The Hall–Kier alpha value is -1.72. The molecule has 2 aromatic rings. The van der Waals surface area contributed by atoms with Crippen molar-refractivity contribution in [3.8, 4) is 5.75 Å². The molecule has 0 aliphatic rings. The van der Waals surface area contributed by atoms with E-state index in [1.807, 2.05) is 36.4 Å². The minimum Gasteiger partial charge on any atom is -0.493 e. The number of nitrogens with one attached hydrogen (secondary N) is 1. The van der Waals surface area contributed by atoms with E-state index >= 15 is 0 Å². The van der Waals surface area contributed by atoms with Gasteiger partial charge in [0.25, 0.3) is 0 Å². The van der Waals surface area contributed by atoms with Crippen LogP contribution in [0, 0.1) is 0 Å². The van der Waals surface area contributed by atoms with Crippen LogP contribution in [-0.4, -0.2) is 12.5 Å². The van der Waals surface area contributed by atoms with Gasteiger partial charge in [0.2, 0.25) is 5.91 Å². The van der Waals surface area contributed by atoms with Crippen molar-refractivity contribution in [2.75, 3.05) is 11.9 Å². The summed E-state index contributed by atoms with van der Waals surface area (Å²) in [7, 11) is 0. The van der Waals surface area contributed by atoms with Crippen molar-refractivity contribution in [2.24, 2.45) is 5.73 Å². The molecule has 3 N–H and O–H groups in total. The van der Waals surface area contributed by atoms with Crippen LogP contribution in [0.25, 0.3) is 0 Å². The third kappa shape index (κ3) is 4.75. The van der Waals surface area contributed by atoms with E-state index < -0.39 is 0 Å². The van der Waals surface area contributed by atoms with E-state index in [2.05, 4.69) is 5.32 Å². The Balaban J connectivity index is 1.80. The number of anilines is 1. The molecule has 106 valence electrons. The number of benzene rings is 1. The maximum atomic E-state index is 10.6. The molecule has 1 aromatic carbocycles. The molecule has 0 spiro atoms. The van der Waals surface area contributed by atoms with Crippen molar-refractivity contribution in [1.82, 2.24) is 0 Å². The molecule has 0 aliphatic carbocycles. The van der Waals surface area contributed by atoms with Crippen LogP contribution >= 0.6 is 22.9 Å². The molecule has 0 fully saturated rings. The average Bonchev–Trinajstić information content (AvgIpc) is 2.83. The lowest BCUT2D eigenvalue weighted by atomic mass is 10.3. The van der Waals surface area contributed by atoms with Crippen LogP contribution in [0.2, 0.25) is 4.34 Å². The van der Waals surface area contributed by atoms with Crippen molar-refractivity contribution in [2.45, 2.75) is 13.0 Å². The predicted molar refractivity (Wildman–Crippen MR) is 82.4 cm³/mol. The summed E-state index contributed by atoms with van der Waals surface area (Å²) < 4.78 is 6.19. The lowest BCUT2D eigenvalue weighted by molar-refractivity contribution is -0.118. The van der Waals surface area contributed by atoms with Gasteiger partial charge in [-0.3, -0.25) is 4.79 Å². The molecule has 6 heteroatoms. The Bertz CT molecular complexity index is 569. The van der Waals surface area contributed by atoms with Gasteiger partial charge in [-0.05, 0) is 36.4 Å². The lowest BCUT2D eigenvalue weighted by Crippen LogP contribution is -2.14. The Labute approximate surface area is 126 Å². The highest BCUT2D eigenvalue weighted by molar-refractivity contribution is 7.16. The van der Waals surface area contributed by atoms with Gasteiger partial charge in [-0.25, -0.2) is 0 Å². The minimum atomic E-state index is -0.363. The van der Waals surface area contributed by atoms with Crippen LogP contribution in [0.1, 0.15) is 11.3 Å². The van der Waals surface area contributed by atoms with Gasteiger partial charge in [0.1, 0.15) is 5.75 Å². The number of rotatable bonds is 7. The van der Waals surface area contributed by atoms with Crippen molar-refractivity contribution < 1.29 is 9.53 Å². The number of carbonyl (C=O) groups excluding carboxylic acids is 1. The first-order valence-corrected chi connectivity index (χ1v) is 7.32. The Morgan fingerprint density at radius 2 is 2.00 bits per heavy atom. The second kappa shape index (κ2) is 7.17. The summed E-state index contributed by atoms with van der Waals surface area (Å²) in [5.41, 5.74) is 6.04. The molecule has 0 unspecified atom stereocenters. The number of thiophene rings is 1. The van der Waals surface area contributed by atoms with Gasteiger partial charge in [0, 0.05) is 17.1 Å². The number of hydrogen-bond donors (Lipinski definition) is 2. The van der Waals surface area contributed by atoms with Crippen molar-refractivity contribution in [3.05, 3.63) is 45.6 Å². The van der Waals surface area contributed by atoms with Gasteiger partial charge in [0.05, 0.1) is 17.4 Å². The maximum absolute atomic E-state index is 10.6. The molecule has 1 amide bonds. The topological polar surface area (TPSA) is 64.4 Å². The third-order valence-corrected chi connectivity index (χ3v) is 3.80. The number of hydrogen-bond acceptors (Lipinski definition) is 4. The molecule has 4 nitrogen and oxygen atoms in total. The van der Waals surface area contributed by atoms with Gasteiger partial charge in [-0.15, -0.1) is 11.3 Å². The monoisotopic (exact) mass is 310 g/mol. The molecule has 0 radical (unpaired) electrons. The molecule has 1 aromatic heterocycles. The fraction of sp³-hybridized carbons (Fsp3) is 0.214. The van der Waals surface area contributed by atoms with E-state index in [1.54, 1.807) is 11.3 Å². The van der Waals surface area contributed by atoms with Crippen LogP contribution in [0.5, 0.6) is 5.75 Å². The molecule has 0 saturated carbocycles. The van der Waals surface area contributed by atoms with E-state index in [0.717, 1.165) is 22.3 Å². The first-order chi connectivity index (χ1) is 9.63. The first kappa shape index (κ1) is 14.7. The zero-order valence-electron chi connectivity index (χ0n) is 10.8. The molecule has 1 heterocycles. The second-order valence-electron chi connectivity index (χ2n) is 4.15. The van der Waals surface area contributed by atoms with Gasteiger partial charge in [-0.2, -0.15) is 0 Å². The lowest BCUT2D eigenvalue weighted by Gasteiger charge is -2.07. The predicted octanol–water partition coefficient (Wildman–Crippen LogP) is 3.27. The summed E-state index contributed by atoms with van der Waals surface area (Å²) in [5.74, 6) is 0.355. The fourth-order valence-corrected chi connectivity index (χ4v) is 2.60. The molecule has 2 rings (SSSR count). The van der Waals surface area contributed by atoms with Crippen LogP contribution in [0.3, 0.4) is 0 Å². The summed E-state index contributed by atoms with van der Waals surface area (Å²) in [6.07, 6.45) is 0.221. The molecule has 0 bridgehead atoms. The summed E-state index contributed by atoms with van der Waals surface area (Å²) in [6.45, 7) is 1.04. The van der Waals surface area contributed by atoms with E-state index in [1.165, 1.54) is 4.88 Å². The summed E-state index contributed by atoms with van der Waals surface area (Å²) in [6, 6.07) is 11.4. The summed E-state index contributed by atoms with van der Waals surface area (Å²) in [4.78, 5) is 11.8. The number of nitrogens with two attached hydrogens (primary N) is 1. The maximum Gasteiger partial charge on any atom is 0.220 e. The third-order valence-electron chi connectivity index (χ3n) is 2.57. The van der Waals surface area contributed by atoms with Crippen molar-refractivity contribution >= 4 is 34.5 Å². The van der Waals surface area contributed by atoms with Gasteiger partial charge < -0.3 is 15.8 Å². The smallest absolute Gasteiger partial charge is 0.220 e. The van der Waals surface area contributed by atoms with Gasteiger partial charge in [-0.1, -0.05) is 11.6 Å². The average molecular weight is 311 g/mol. The SMILES string of the molecule is NC(=O)CCOc1ccc(NCc2ccc(Cl)s2)cc1. The number of primary amides is 1. The number of ether oxygens (including phenoxy) is 1. The van der Waals surface area contributed by atoms with Crippen molar-refractivity contribution in [1.29, 1.82) is 0 Å². The van der Waals surface area contributed by atoms with Gasteiger partial charge in [0.15, 0.2) is 0 Å². The standard InChI is InChI=1S/C14H15ClN2O2S/c15-13-6-5-12(20-13)9-17-10-1-3-11(4-2-10)19-8-7-14(16)18/h1-6,17H,7-9H2,(H2,16,18). The molecular weight excluding hydrogens is 296 g/mol. The normalized spacial score (nSPS) is 10.2. The summed E-state index contributed by atoms with van der Waals surface area (Å²) in [5, 5.41) is 3.30. The molecular formula is C14H15ClN2O2S. The Morgan fingerprint density at radius 1 is 1.25 bits per heavy atom. The minimum absolute atomic E-state index is 0.221. The van der Waals surface area contributed by atoms with Crippen LogP contribution in [-0.2, 0) is 11.3 Å². The van der Waals surface area contributed by atoms with E-state index in [0.29, 0.717) is 6.61 Å².